The molecule has 10 nitrogen and oxygen atoms in total. The van der Waals surface area contributed by atoms with E-state index < -0.39 is 5.91 Å². The number of nitrogens with two attached hydrogens (primary N) is 2. The largest absolute Gasteiger partial charge is 0.481 e. The number of hydrogen-bond acceptors (Lipinski definition) is 7. The Morgan fingerprint density at radius 2 is 1.80 bits per heavy atom. The molecule has 0 saturated carbocycles. The molecule has 6 aromatic rings. The molecular weight excluding hydrogens is 518 g/mol. The van der Waals surface area contributed by atoms with E-state index in [1.165, 1.54) is 4.52 Å². The van der Waals surface area contributed by atoms with Crippen molar-refractivity contribution in [2.45, 2.75) is 20.3 Å². The van der Waals surface area contributed by atoms with Gasteiger partial charge in [-0.2, -0.15) is 0 Å². The summed E-state index contributed by atoms with van der Waals surface area (Å²) in [7, 11) is 1.59. The number of anilines is 1. The zero-order valence-corrected chi connectivity index (χ0v) is 22.9. The zero-order chi connectivity index (χ0) is 29.1. The fourth-order valence-electron chi connectivity index (χ4n) is 4.74. The summed E-state index contributed by atoms with van der Waals surface area (Å²) in [6, 6.07) is 23.4. The van der Waals surface area contributed by atoms with Crippen LogP contribution in [0.1, 0.15) is 28.7 Å². The highest BCUT2D eigenvalue weighted by molar-refractivity contribution is 6.03. The highest BCUT2D eigenvalue weighted by Gasteiger charge is 2.16. The van der Waals surface area contributed by atoms with Gasteiger partial charge in [0.15, 0.2) is 11.5 Å². The Kier molecular flexibility index (Phi) is 7.47. The minimum Gasteiger partial charge on any atom is -0.481 e. The van der Waals surface area contributed by atoms with Crippen LogP contribution in [0, 0.1) is 6.92 Å². The number of carbonyl (C=O) groups is 1. The van der Waals surface area contributed by atoms with E-state index >= 15 is 0 Å². The molecule has 0 aliphatic heterocycles. The number of amides is 1. The number of nitrogens with zero attached hydrogens (tertiary/aromatic N) is 5. The predicted molar refractivity (Wildman–Crippen MR) is 159 cm³/mol. The first-order valence-corrected chi connectivity index (χ1v) is 13.0. The summed E-state index contributed by atoms with van der Waals surface area (Å²) in [6.07, 6.45) is 4.15. The highest BCUT2D eigenvalue weighted by Crippen LogP contribution is 2.29. The van der Waals surface area contributed by atoms with Gasteiger partial charge in [-0.15, -0.1) is 5.10 Å². The van der Waals surface area contributed by atoms with Crippen molar-refractivity contribution in [3.8, 4) is 22.7 Å². The first-order chi connectivity index (χ1) is 19.8. The SMILES string of the molecule is CCc1cc2cccc(-c3ccnc(OC)c3)c2c(=O)n1-c1ccccc1.Cc1ccn2nc(N)c(C(N)=O)c2n1. The molecule has 0 saturated heterocycles. The van der Waals surface area contributed by atoms with E-state index in [4.69, 9.17) is 16.2 Å². The van der Waals surface area contributed by atoms with Crippen molar-refractivity contribution in [2.24, 2.45) is 5.73 Å². The Labute approximate surface area is 235 Å². The molecule has 4 heterocycles. The summed E-state index contributed by atoms with van der Waals surface area (Å²) in [4.78, 5) is 32.9. The normalized spacial score (nSPS) is 10.8. The number of primary amides is 1. The maximum absolute atomic E-state index is 13.6. The number of ether oxygens (including phenoxy) is 1. The maximum atomic E-state index is 13.6. The van der Waals surface area contributed by atoms with E-state index in [-0.39, 0.29) is 16.9 Å². The molecule has 0 radical (unpaired) electrons. The lowest BCUT2D eigenvalue weighted by Crippen LogP contribution is -2.22. The molecule has 4 aromatic heterocycles. The number of pyridine rings is 2. The molecule has 0 aliphatic carbocycles. The molecule has 2 aromatic carbocycles. The fraction of sp³-hybridized carbons (Fsp3) is 0.129. The summed E-state index contributed by atoms with van der Waals surface area (Å²) in [6.45, 7) is 3.88. The van der Waals surface area contributed by atoms with Crippen LogP contribution in [-0.2, 0) is 6.42 Å². The Hall–Kier alpha value is -5.51. The third-order valence-electron chi connectivity index (χ3n) is 6.65. The smallest absolute Gasteiger partial charge is 0.263 e. The molecule has 0 fully saturated rings. The van der Waals surface area contributed by atoms with Crippen molar-refractivity contribution in [1.29, 1.82) is 0 Å². The molecule has 6 rings (SSSR count). The highest BCUT2D eigenvalue weighted by atomic mass is 16.5. The molecule has 0 bridgehead atoms. The number of methoxy groups -OCH3 is 1. The van der Waals surface area contributed by atoms with E-state index in [1.807, 2.05) is 72.2 Å². The fourth-order valence-corrected chi connectivity index (χ4v) is 4.74. The van der Waals surface area contributed by atoms with Gasteiger partial charge in [0.05, 0.1) is 12.5 Å². The minimum atomic E-state index is -0.615. The molecule has 0 aliphatic rings. The van der Waals surface area contributed by atoms with Gasteiger partial charge in [-0.1, -0.05) is 43.3 Å². The van der Waals surface area contributed by atoms with Crippen molar-refractivity contribution in [3.63, 3.8) is 0 Å². The Balaban J connectivity index is 0.000000202. The third kappa shape index (κ3) is 5.22. The van der Waals surface area contributed by atoms with Gasteiger partial charge < -0.3 is 16.2 Å². The molecule has 0 spiro atoms. The zero-order valence-electron chi connectivity index (χ0n) is 22.9. The molecule has 41 heavy (non-hydrogen) atoms. The second-order valence-electron chi connectivity index (χ2n) is 9.28. The van der Waals surface area contributed by atoms with Gasteiger partial charge in [-0.3, -0.25) is 14.2 Å². The predicted octanol–water partition coefficient (Wildman–Crippen LogP) is 4.34. The second kappa shape index (κ2) is 11.3. The van der Waals surface area contributed by atoms with Crippen LogP contribution in [0.3, 0.4) is 0 Å². The van der Waals surface area contributed by atoms with Crippen LogP contribution >= 0.6 is 0 Å². The number of nitrogen functional groups attached to an aromatic ring is 1. The number of rotatable bonds is 5. The summed E-state index contributed by atoms with van der Waals surface area (Å²) >= 11 is 0. The number of fused-ring (bicyclic) bond motifs is 2. The monoisotopic (exact) mass is 547 g/mol. The van der Waals surface area contributed by atoms with Crippen LogP contribution in [0.2, 0.25) is 0 Å². The van der Waals surface area contributed by atoms with Gasteiger partial charge in [0.2, 0.25) is 5.88 Å². The second-order valence-corrected chi connectivity index (χ2v) is 9.28. The van der Waals surface area contributed by atoms with Crippen molar-refractivity contribution < 1.29 is 9.53 Å². The van der Waals surface area contributed by atoms with E-state index in [9.17, 15) is 9.59 Å². The summed E-state index contributed by atoms with van der Waals surface area (Å²) in [5.74, 6) is 0.0178. The van der Waals surface area contributed by atoms with Crippen LogP contribution in [0.5, 0.6) is 5.88 Å². The molecule has 0 unspecified atom stereocenters. The van der Waals surface area contributed by atoms with Crippen LogP contribution < -0.4 is 21.8 Å². The van der Waals surface area contributed by atoms with Gasteiger partial charge >= 0.3 is 0 Å². The van der Waals surface area contributed by atoms with E-state index in [2.05, 4.69) is 28.1 Å². The van der Waals surface area contributed by atoms with E-state index in [1.54, 1.807) is 25.6 Å². The van der Waals surface area contributed by atoms with Gasteiger partial charge in [0.1, 0.15) is 5.56 Å². The number of aryl methyl sites for hydroxylation is 2. The number of para-hydroxylation sites is 1. The number of benzene rings is 2. The molecule has 10 heteroatoms. The van der Waals surface area contributed by atoms with E-state index in [0.29, 0.717) is 16.9 Å². The lowest BCUT2D eigenvalue weighted by Gasteiger charge is -2.15. The summed E-state index contributed by atoms with van der Waals surface area (Å²) in [5, 5.41) is 5.55. The van der Waals surface area contributed by atoms with Gasteiger partial charge in [0.25, 0.3) is 11.5 Å². The summed E-state index contributed by atoms with van der Waals surface area (Å²) in [5.41, 5.74) is 15.7. The van der Waals surface area contributed by atoms with Crippen LogP contribution in [0.4, 0.5) is 5.82 Å². The van der Waals surface area contributed by atoms with Crippen LogP contribution in [0.15, 0.2) is 90.0 Å². The van der Waals surface area contributed by atoms with Gasteiger partial charge in [-0.25, -0.2) is 14.5 Å². The number of carbonyl (C=O) groups excluding carboxylic acids is 1. The molecule has 4 N–H and O–H groups in total. The standard InChI is InChI=1S/C23H20N2O2.C8H9N5O/c1-3-18-14-17-8-7-11-20(16-12-13-24-21(15-16)27-2)22(17)23(26)25(18)19-9-5-4-6-10-19;1-4-2-3-13-8(11-4)5(7(10)14)6(9)12-13/h4-15H,3H2,1-2H3;2-3H,1H3,(H2,9,12)(H2,10,14). The van der Waals surface area contributed by atoms with Crippen LogP contribution in [0.25, 0.3) is 33.2 Å². The van der Waals surface area contributed by atoms with Crippen molar-refractivity contribution in [3.05, 3.63) is 112 Å². The minimum absolute atomic E-state index is 0.0121. The Morgan fingerprint density at radius 1 is 1.02 bits per heavy atom. The topological polar surface area (TPSA) is 143 Å². The number of aromatic nitrogens is 5. The van der Waals surface area contributed by atoms with E-state index in [0.717, 1.165) is 40.0 Å². The first-order valence-electron chi connectivity index (χ1n) is 13.0. The Bertz CT molecular complexity index is 1950. The average molecular weight is 548 g/mol. The van der Waals surface area contributed by atoms with Gasteiger partial charge in [0, 0.05) is 35.5 Å². The van der Waals surface area contributed by atoms with Crippen molar-refractivity contribution in [2.75, 3.05) is 12.8 Å². The molecule has 0 atom stereocenters. The molecular formula is C31H29N7O3. The average Bonchev–Trinajstić information content (AvgIpc) is 3.32. The van der Waals surface area contributed by atoms with Crippen LogP contribution in [-0.4, -0.2) is 37.2 Å². The molecule has 1 amide bonds. The molecule has 206 valence electrons. The third-order valence-corrected chi connectivity index (χ3v) is 6.65. The van der Waals surface area contributed by atoms with Gasteiger partial charge in [-0.05, 0) is 60.2 Å². The lowest BCUT2D eigenvalue weighted by atomic mass is 9.99. The van der Waals surface area contributed by atoms with Crippen molar-refractivity contribution >= 4 is 28.1 Å². The lowest BCUT2D eigenvalue weighted by molar-refractivity contribution is 0.100. The quantitative estimate of drug-likeness (QED) is 0.327. The summed E-state index contributed by atoms with van der Waals surface area (Å²) < 4.78 is 8.50. The number of hydrogen-bond donors (Lipinski definition) is 2. The van der Waals surface area contributed by atoms with Crippen molar-refractivity contribution in [1.82, 2.24) is 24.1 Å². The first kappa shape index (κ1) is 27.1. The maximum Gasteiger partial charge on any atom is 0.263 e. The Morgan fingerprint density at radius 3 is 2.51 bits per heavy atom.